The first-order valence-corrected chi connectivity index (χ1v) is 4.80. The molecule has 0 saturated carbocycles. The Bertz CT molecular complexity index is 540. The van der Waals surface area contributed by atoms with Gasteiger partial charge in [-0.25, -0.2) is 4.98 Å². The van der Waals surface area contributed by atoms with Crippen molar-refractivity contribution in [3.63, 3.8) is 0 Å². The summed E-state index contributed by atoms with van der Waals surface area (Å²) in [5.41, 5.74) is 6.10. The van der Waals surface area contributed by atoms with Crippen LogP contribution in [0.5, 0.6) is 5.75 Å². The predicted octanol–water partition coefficient (Wildman–Crippen LogP) is 2.76. The Morgan fingerprint density at radius 2 is 1.94 bits per heavy atom. The second-order valence-electron chi connectivity index (χ2n) is 3.49. The van der Waals surface area contributed by atoms with Crippen LogP contribution in [0.4, 0.5) is 19.0 Å². The van der Waals surface area contributed by atoms with Crippen LogP contribution in [0.15, 0.2) is 30.3 Å². The molecule has 0 bridgehead atoms. The Labute approximate surface area is 95.0 Å². The fourth-order valence-corrected chi connectivity index (χ4v) is 1.37. The quantitative estimate of drug-likeness (QED) is 0.880. The van der Waals surface area contributed by atoms with Crippen molar-refractivity contribution in [1.29, 1.82) is 0 Å². The summed E-state index contributed by atoms with van der Waals surface area (Å²) in [5.74, 6) is 0.517. The second kappa shape index (κ2) is 4.12. The van der Waals surface area contributed by atoms with E-state index < -0.39 is 12.8 Å². The van der Waals surface area contributed by atoms with E-state index >= 15 is 0 Å². The molecule has 1 aromatic heterocycles. The first kappa shape index (κ1) is 11.5. The number of rotatable bonds is 2. The molecule has 0 unspecified atom stereocenters. The van der Waals surface area contributed by atoms with Gasteiger partial charge in [0, 0.05) is 5.39 Å². The smallest absolute Gasteiger partial charge is 0.422 e. The summed E-state index contributed by atoms with van der Waals surface area (Å²) in [6.07, 6.45) is -4.34. The minimum absolute atomic E-state index is 0.154. The molecule has 2 N–H and O–H groups in total. The Morgan fingerprint density at radius 1 is 1.18 bits per heavy atom. The molecule has 2 aromatic rings. The monoisotopic (exact) mass is 242 g/mol. The number of fused-ring (bicyclic) bond motifs is 1. The third-order valence-electron chi connectivity index (χ3n) is 2.08. The van der Waals surface area contributed by atoms with Gasteiger partial charge in [0.05, 0.1) is 5.52 Å². The molecule has 3 nitrogen and oxygen atoms in total. The lowest BCUT2D eigenvalue weighted by Gasteiger charge is -2.09. The van der Waals surface area contributed by atoms with Crippen LogP contribution in [0.3, 0.4) is 0 Å². The van der Waals surface area contributed by atoms with Crippen molar-refractivity contribution >= 4 is 16.7 Å². The topological polar surface area (TPSA) is 48.1 Å². The lowest BCUT2D eigenvalue weighted by Crippen LogP contribution is -2.19. The SMILES string of the molecule is Nc1ccc2cc(OCC(F)(F)F)ccc2n1. The number of anilines is 1. The summed E-state index contributed by atoms with van der Waals surface area (Å²) in [7, 11) is 0. The van der Waals surface area contributed by atoms with E-state index in [1.54, 1.807) is 18.2 Å². The van der Waals surface area contributed by atoms with Gasteiger partial charge in [0.2, 0.25) is 0 Å². The van der Waals surface area contributed by atoms with Gasteiger partial charge in [-0.05, 0) is 30.3 Å². The number of nitrogens with two attached hydrogens (primary N) is 1. The molecule has 2 rings (SSSR count). The van der Waals surface area contributed by atoms with Crippen LogP contribution in [-0.2, 0) is 0 Å². The molecule has 0 aliphatic rings. The average molecular weight is 242 g/mol. The maximum Gasteiger partial charge on any atom is 0.422 e. The number of benzene rings is 1. The third kappa shape index (κ3) is 2.99. The molecular formula is C11H9F3N2O. The highest BCUT2D eigenvalue weighted by Crippen LogP contribution is 2.22. The number of nitrogens with zero attached hydrogens (tertiary/aromatic N) is 1. The van der Waals surface area contributed by atoms with Crippen molar-refractivity contribution in [1.82, 2.24) is 4.98 Å². The van der Waals surface area contributed by atoms with Crippen molar-refractivity contribution < 1.29 is 17.9 Å². The summed E-state index contributed by atoms with van der Waals surface area (Å²) in [4.78, 5) is 4.03. The first-order valence-electron chi connectivity index (χ1n) is 4.80. The van der Waals surface area contributed by atoms with Crippen molar-refractivity contribution in [3.05, 3.63) is 30.3 Å². The van der Waals surface area contributed by atoms with Gasteiger partial charge in [-0.2, -0.15) is 13.2 Å². The number of alkyl halides is 3. The van der Waals surface area contributed by atoms with Gasteiger partial charge in [0.25, 0.3) is 0 Å². The largest absolute Gasteiger partial charge is 0.484 e. The fourth-order valence-electron chi connectivity index (χ4n) is 1.37. The van der Waals surface area contributed by atoms with Gasteiger partial charge in [0.15, 0.2) is 6.61 Å². The summed E-state index contributed by atoms with van der Waals surface area (Å²) >= 11 is 0. The molecule has 6 heteroatoms. The highest BCUT2D eigenvalue weighted by atomic mass is 19.4. The number of ether oxygens (including phenoxy) is 1. The average Bonchev–Trinajstić information content (AvgIpc) is 2.25. The minimum atomic E-state index is -4.34. The van der Waals surface area contributed by atoms with Gasteiger partial charge in [0.1, 0.15) is 11.6 Å². The maximum atomic E-state index is 12.0. The number of pyridine rings is 1. The van der Waals surface area contributed by atoms with E-state index in [1.807, 2.05) is 0 Å². The van der Waals surface area contributed by atoms with E-state index in [2.05, 4.69) is 9.72 Å². The minimum Gasteiger partial charge on any atom is -0.484 e. The molecule has 0 spiro atoms. The fraction of sp³-hybridized carbons (Fsp3) is 0.182. The Kier molecular flexibility index (Phi) is 2.79. The number of hydrogen-bond acceptors (Lipinski definition) is 3. The maximum absolute atomic E-state index is 12.0. The highest BCUT2D eigenvalue weighted by molar-refractivity contribution is 5.81. The molecule has 0 aliphatic heterocycles. The lowest BCUT2D eigenvalue weighted by atomic mass is 10.2. The molecule has 0 aliphatic carbocycles. The molecule has 0 fully saturated rings. The zero-order chi connectivity index (χ0) is 12.5. The van der Waals surface area contributed by atoms with Crippen molar-refractivity contribution in [2.24, 2.45) is 0 Å². The third-order valence-corrected chi connectivity index (χ3v) is 2.08. The van der Waals surface area contributed by atoms with E-state index in [1.165, 1.54) is 12.1 Å². The number of aromatic nitrogens is 1. The molecule has 17 heavy (non-hydrogen) atoms. The summed E-state index contributed by atoms with van der Waals surface area (Å²) in [5, 5.41) is 0.680. The first-order chi connectivity index (χ1) is 7.94. The molecule has 1 heterocycles. The van der Waals surface area contributed by atoms with Gasteiger partial charge in [-0.1, -0.05) is 0 Å². The van der Waals surface area contributed by atoms with Gasteiger partial charge in [-0.3, -0.25) is 0 Å². The number of hydrogen-bond donors (Lipinski definition) is 1. The molecule has 0 amide bonds. The summed E-state index contributed by atoms with van der Waals surface area (Å²) in [6.45, 7) is -1.30. The highest BCUT2D eigenvalue weighted by Gasteiger charge is 2.28. The van der Waals surface area contributed by atoms with Crippen molar-refractivity contribution in [2.45, 2.75) is 6.18 Å². The second-order valence-corrected chi connectivity index (χ2v) is 3.49. The van der Waals surface area contributed by atoms with Gasteiger partial charge < -0.3 is 10.5 Å². The van der Waals surface area contributed by atoms with E-state index in [-0.39, 0.29) is 5.75 Å². The van der Waals surface area contributed by atoms with Crippen LogP contribution >= 0.6 is 0 Å². The van der Waals surface area contributed by atoms with Crippen LogP contribution in [-0.4, -0.2) is 17.8 Å². The molecule has 1 aromatic carbocycles. The standard InChI is InChI=1S/C11H9F3N2O/c12-11(13,14)6-17-8-2-3-9-7(5-8)1-4-10(15)16-9/h1-5H,6H2,(H2,15,16). The van der Waals surface area contributed by atoms with E-state index in [0.29, 0.717) is 16.7 Å². The molecule has 0 radical (unpaired) electrons. The van der Waals surface area contributed by atoms with Crippen LogP contribution in [0.1, 0.15) is 0 Å². The number of nitrogen functional groups attached to an aromatic ring is 1. The van der Waals surface area contributed by atoms with Crippen LogP contribution < -0.4 is 10.5 Å². The van der Waals surface area contributed by atoms with E-state index in [0.717, 1.165) is 0 Å². The van der Waals surface area contributed by atoms with Crippen molar-refractivity contribution in [2.75, 3.05) is 12.3 Å². The van der Waals surface area contributed by atoms with Crippen LogP contribution in [0.2, 0.25) is 0 Å². The summed E-state index contributed by atoms with van der Waals surface area (Å²) in [6, 6.07) is 7.75. The lowest BCUT2D eigenvalue weighted by molar-refractivity contribution is -0.153. The predicted molar refractivity (Wildman–Crippen MR) is 57.7 cm³/mol. The van der Waals surface area contributed by atoms with E-state index in [4.69, 9.17) is 5.73 Å². The normalized spacial score (nSPS) is 11.7. The van der Waals surface area contributed by atoms with Crippen molar-refractivity contribution in [3.8, 4) is 5.75 Å². The summed E-state index contributed by atoms with van der Waals surface area (Å²) < 4.78 is 40.5. The molecular weight excluding hydrogens is 233 g/mol. The van der Waals surface area contributed by atoms with Gasteiger partial charge in [-0.15, -0.1) is 0 Å². The zero-order valence-electron chi connectivity index (χ0n) is 8.66. The van der Waals surface area contributed by atoms with E-state index in [9.17, 15) is 13.2 Å². The zero-order valence-corrected chi connectivity index (χ0v) is 8.66. The van der Waals surface area contributed by atoms with Gasteiger partial charge >= 0.3 is 6.18 Å². The Morgan fingerprint density at radius 3 is 2.65 bits per heavy atom. The van der Waals surface area contributed by atoms with Crippen LogP contribution in [0.25, 0.3) is 10.9 Å². The van der Waals surface area contributed by atoms with Crippen LogP contribution in [0, 0.1) is 0 Å². The molecule has 0 atom stereocenters. The molecule has 90 valence electrons. The Hall–Kier alpha value is -1.98. The molecule has 0 saturated heterocycles. The number of halogens is 3. The Balaban J connectivity index is 2.23.